The molecule has 1 aromatic rings. The molecule has 0 spiro atoms. The van der Waals surface area contributed by atoms with Crippen molar-refractivity contribution in [3.05, 3.63) is 23.5 Å². The second-order valence-corrected chi connectivity index (χ2v) is 2.04. The predicted octanol–water partition coefficient (Wildman–Crippen LogP) is 0.294. The number of hydrogen-bond donors (Lipinski definition) is 2. The maximum Gasteiger partial charge on any atom is 0.339 e. The number of H-pyrrole nitrogens is 1. The minimum Gasteiger partial charge on any atom is -0.465 e. The maximum absolute atomic E-state index is 10.9. The van der Waals surface area contributed by atoms with Crippen LogP contribution in [0.15, 0.2) is 12.4 Å². The van der Waals surface area contributed by atoms with Crippen molar-refractivity contribution in [3.63, 3.8) is 0 Å². The molecule has 0 aromatic carbocycles. The van der Waals surface area contributed by atoms with Gasteiger partial charge in [0.15, 0.2) is 0 Å². The highest BCUT2D eigenvalue weighted by molar-refractivity contribution is 5.90. The molecule has 0 bridgehead atoms. The van der Waals surface area contributed by atoms with E-state index in [2.05, 4.69) is 9.72 Å². The van der Waals surface area contributed by atoms with E-state index in [-0.39, 0.29) is 6.61 Å². The van der Waals surface area contributed by atoms with Crippen molar-refractivity contribution in [2.75, 3.05) is 7.11 Å². The van der Waals surface area contributed by atoms with Gasteiger partial charge in [0.1, 0.15) is 0 Å². The lowest BCUT2D eigenvalue weighted by Crippen LogP contribution is -2.02. The average Bonchev–Trinajstić information content (AvgIpc) is 2.50. The van der Waals surface area contributed by atoms with E-state index in [1.807, 2.05) is 0 Å². The maximum atomic E-state index is 10.9. The third-order valence-electron chi connectivity index (χ3n) is 1.41. The van der Waals surface area contributed by atoms with Gasteiger partial charge in [-0.3, -0.25) is 0 Å². The largest absolute Gasteiger partial charge is 0.465 e. The van der Waals surface area contributed by atoms with Gasteiger partial charge in [0, 0.05) is 18.0 Å². The Kier molecular flexibility index (Phi) is 2.28. The third-order valence-corrected chi connectivity index (χ3v) is 1.41. The molecule has 2 N–H and O–H groups in total. The molecule has 0 radical (unpaired) electrons. The van der Waals surface area contributed by atoms with Gasteiger partial charge in [0.2, 0.25) is 0 Å². The van der Waals surface area contributed by atoms with Crippen molar-refractivity contribution in [1.82, 2.24) is 4.98 Å². The lowest BCUT2D eigenvalue weighted by Gasteiger charge is -1.96. The van der Waals surface area contributed by atoms with E-state index < -0.39 is 5.97 Å². The van der Waals surface area contributed by atoms with Crippen LogP contribution in [0.3, 0.4) is 0 Å². The van der Waals surface area contributed by atoms with E-state index in [0.29, 0.717) is 11.1 Å². The number of aromatic nitrogens is 1. The number of esters is 1. The molecule has 0 aliphatic heterocycles. The number of aliphatic hydroxyl groups is 1. The first-order valence-corrected chi connectivity index (χ1v) is 3.14. The Hall–Kier alpha value is -1.29. The minimum absolute atomic E-state index is 0.159. The Morgan fingerprint density at radius 1 is 1.73 bits per heavy atom. The van der Waals surface area contributed by atoms with Crippen LogP contribution in [-0.4, -0.2) is 23.2 Å². The van der Waals surface area contributed by atoms with Crippen molar-refractivity contribution in [2.24, 2.45) is 0 Å². The summed E-state index contributed by atoms with van der Waals surface area (Å²) in [5, 5.41) is 8.72. The average molecular weight is 155 g/mol. The predicted molar refractivity (Wildman–Crippen MR) is 38.1 cm³/mol. The normalized spacial score (nSPS) is 9.64. The van der Waals surface area contributed by atoms with Crippen LogP contribution in [0.2, 0.25) is 0 Å². The van der Waals surface area contributed by atoms with Crippen molar-refractivity contribution in [2.45, 2.75) is 6.61 Å². The third kappa shape index (κ3) is 1.40. The van der Waals surface area contributed by atoms with E-state index in [1.54, 1.807) is 6.20 Å². The summed E-state index contributed by atoms with van der Waals surface area (Å²) in [5.74, 6) is -0.435. The number of methoxy groups -OCH3 is 1. The van der Waals surface area contributed by atoms with Gasteiger partial charge >= 0.3 is 5.97 Å². The summed E-state index contributed by atoms with van der Waals surface area (Å²) in [6, 6.07) is 0. The van der Waals surface area contributed by atoms with Crippen molar-refractivity contribution in [3.8, 4) is 0 Å². The van der Waals surface area contributed by atoms with E-state index in [4.69, 9.17) is 5.11 Å². The molecule has 0 aliphatic rings. The Labute approximate surface area is 63.8 Å². The highest BCUT2D eigenvalue weighted by atomic mass is 16.5. The summed E-state index contributed by atoms with van der Waals surface area (Å²) in [6.07, 6.45) is 3.06. The SMILES string of the molecule is COC(=O)c1c[nH]cc1CO. The molecule has 0 aliphatic carbocycles. The fourth-order valence-corrected chi connectivity index (χ4v) is 0.827. The molecule has 0 fully saturated rings. The first kappa shape index (κ1) is 7.81. The van der Waals surface area contributed by atoms with Crippen molar-refractivity contribution in [1.29, 1.82) is 0 Å². The molecule has 0 saturated carbocycles. The van der Waals surface area contributed by atoms with Gasteiger partial charge in [-0.2, -0.15) is 0 Å². The number of carbonyl (C=O) groups is 1. The van der Waals surface area contributed by atoms with E-state index in [9.17, 15) is 4.79 Å². The summed E-state index contributed by atoms with van der Waals surface area (Å²) < 4.78 is 4.47. The lowest BCUT2D eigenvalue weighted by atomic mass is 10.2. The first-order chi connectivity index (χ1) is 5.29. The zero-order chi connectivity index (χ0) is 8.27. The Morgan fingerprint density at radius 2 is 2.45 bits per heavy atom. The summed E-state index contributed by atoms with van der Waals surface area (Å²) in [7, 11) is 1.30. The summed E-state index contributed by atoms with van der Waals surface area (Å²) in [4.78, 5) is 13.6. The number of nitrogens with one attached hydrogen (secondary N) is 1. The Morgan fingerprint density at radius 3 is 3.00 bits per heavy atom. The molecule has 4 heteroatoms. The molecular weight excluding hydrogens is 146 g/mol. The van der Waals surface area contributed by atoms with Crippen LogP contribution in [0.4, 0.5) is 0 Å². The number of aliphatic hydroxyl groups excluding tert-OH is 1. The standard InChI is InChI=1S/C7H9NO3/c1-11-7(10)6-3-8-2-5(6)4-9/h2-3,8-9H,4H2,1H3. The molecule has 0 unspecified atom stereocenters. The van der Waals surface area contributed by atoms with Crippen LogP contribution in [-0.2, 0) is 11.3 Å². The molecule has 1 heterocycles. The van der Waals surface area contributed by atoms with Crippen LogP contribution in [0.1, 0.15) is 15.9 Å². The highest BCUT2D eigenvalue weighted by Crippen LogP contribution is 2.08. The molecule has 11 heavy (non-hydrogen) atoms. The molecule has 60 valence electrons. The van der Waals surface area contributed by atoms with Gasteiger partial charge < -0.3 is 14.8 Å². The Balaban J connectivity index is 2.92. The van der Waals surface area contributed by atoms with E-state index in [1.165, 1.54) is 13.3 Å². The molecule has 0 saturated heterocycles. The molecule has 1 rings (SSSR count). The fourth-order valence-electron chi connectivity index (χ4n) is 0.827. The minimum atomic E-state index is -0.435. The van der Waals surface area contributed by atoms with Gasteiger partial charge in [-0.05, 0) is 0 Å². The number of hydrogen-bond acceptors (Lipinski definition) is 3. The molecule has 1 aromatic heterocycles. The van der Waals surface area contributed by atoms with Crippen molar-refractivity contribution >= 4 is 5.97 Å². The quantitative estimate of drug-likeness (QED) is 0.603. The second-order valence-electron chi connectivity index (χ2n) is 2.04. The van der Waals surface area contributed by atoms with Gasteiger partial charge in [-0.15, -0.1) is 0 Å². The second kappa shape index (κ2) is 3.21. The number of carbonyl (C=O) groups excluding carboxylic acids is 1. The summed E-state index contributed by atoms with van der Waals surface area (Å²) >= 11 is 0. The summed E-state index contributed by atoms with van der Waals surface area (Å²) in [6.45, 7) is -0.159. The van der Waals surface area contributed by atoms with Crippen molar-refractivity contribution < 1.29 is 14.6 Å². The monoisotopic (exact) mass is 155 g/mol. The molecule has 0 amide bonds. The number of rotatable bonds is 2. The first-order valence-electron chi connectivity index (χ1n) is 3.14. The van der Waals surface area contributed by atoms with Gasteiger partial charge in [-0.25, -0.2) is 4.79 Å². The van der Waals surface area contributed by atoms with Crippen LogP contribution < -0.4 is 0 Å². The van der Waals surface area contributed by atoms with Gasteiger partial charge in [0.05, 0.1) is 19.3 Å². The number of aromatic amines is 1. The molecule has 4 nitrogen and oxygen atoms in total. The van der Waals surface area contributed by atoms with Crippen LogP contribution in [0, 0.1) is 0 Å². The smallest absolute Gasteiger partial charge is 0.339 e. The fraction of sp³-hybridized carbons (Fsp3) is 0.286. The van der Waals surface area contributed by atoms with Crippen LogP contribution >= 0.6 is 0 Å². The van der Waals surface area contributed by atoms with E-state index >= 15 is 0 Å². The lowest BCUT2D eigenvalue weighted by molar-refractivity contribution is 0.0597. The molecular formula is C7H9NO3. The van der Waals surface area contributed by atoms with Crippen LogP contribution in [0.5, 0.6) is 0 Å². The van der Waals surface area contributed by atoms with Gasteiger partial charge in [-0.1, -0.05) is 0 Å². The number of ether oxygens (including phenoxy) is 1. The van der Waals surface area contributed by atoms with E-state index in [0.717, 1.165) is 0 Å². The Bertz CT molecular complexity index is 254. The zero-order valence-corrected chi connectivity index (χ0v) is 6.13. The summed E-state index contributed by atoms with van der Waals surface area (Å²) in [5.41, 5.74) is 0.937. The highest BCUT2D eigenvalue weighted by Gasteiger charge is 2.10. The zero-order valence-electron chi connectivity index (χ0n) is 6.13. The van der Waals surface area contributed by atoms with Crippen LogP contribution in [0.25, 0.3) is 0 Å². The molecule has 0 atom stereocenters. The van der Waals surface area contributed by atoms with Gasteiger partial charge in [0.25, 0.3) is 0 Å². The topological polar surface area (TPSA) is 62.3 Å².